The Morgan fingerprint density at radius 2 is 1.64 bits per heavy atom. The number of nitrogens with zero attached hydrogens (tertiary/aromatic N) is 2. The number of halogens is 2. The maximum atomic E-state index is 13.4. The first-order valence-electron chi connectivity index (χ1n) is 9.91. The van der Waals surface area contributed by atoms with Gasteiger partial charge in [-0.05, 0) is 74.6 Å². The monoisotopic (exact) mass is 384 g/mol. The Kier molecular flexibility index (Phi) is 4.86. The molecular formula is C23H26F2N2O. The van der Waals surface area contributed by atoms with Gasteiger partial charge in [-0.3, -0.25) is 4.79 Å². The first kappa shape index (κ1) is 18.9. The topological polar surface area (TPSA) is 23.6 Å². The Balaban J connectivity index is 1.46. The van der Waals surface area contributed by atoms with E-state index in [1.165, 1.54) is 24.3 Å². The highest BCUT2D eigenvalue weighted by molar-refractivity contribution is 5.79. The number of carbonyl (C=O) groups is 1. The molecule has 0 N–H and O–H groups in total. The first-order chi connectivity index (χ1) is 13.3. The second-order valence-corrected chi connectivity index (χ2v) is 8.62. The Hall–Kier alpha value is -2.43. The van der Waals surface area contributed by atoms with Crippen molar-refractivity contribution in [1.82, 2.24) is 4.90 Å². The van der Waals surface area contributed by atoms with Crippen molar-refractivity contribution in [2.75, 3.05) is 18.0 Å². The van der Waals surface area contributed by atoms with E-state index in [1.807, 2.05) is 17.0 Å². The van der Waals surface area contributed by atoms with Gasteiger partial charge in [0.15, 0.2) is 0 Å². The summed E-state index contributed by atoms with van der Waals surface area (Å²) in [5.41, 5.74) is 1.85. The lowest BCUT2D eigenvalue weighted by atomic mass is 9.89. The number of hydrogen-bond acceptors (Lipinski definition) is 2. The fraction of sp³-hybridized carbons (Fsp3) is 0.435. The third kappa shape index (κ3) is 3.62. The molecule has 2 aliphatic rings. The maximum Gasteiger partial charge on any atom is 0.227 e. The lowest BCUT2D eigenvalue weighted by molar-refractivity contribution is -0.132. The van der Waals surface area contributed by atoms with Crippen LogP contribution in [0.2, 0.25) is 0 Å². The molecule has 4 rings (SSSR count). The van der Waals surface area contributed by atoms with Gasteiger partial charge in [-0.15, -0.1) is 0 Å². The van der Waals surface area contributed by atoms with Crippen LogP contribution in [-0.4, -0.2) is 35.5 Å². The molecule has 0 spiro atoms. The molecule has 0 unspecified atom stereocenters. The zero-order valence-electron chi connectivity index (χ0n) is 16.4. The SMILES string of the molecule is CC1(C)C[C@@H]2CN(C(=O)Cc3ccc(F)cc3)CC[C@@H]2N1c1ccc(F)cc1. The minimum atomic E-state index is -0.286. The zero-order chi connectivity index (χ0) is 19.9. The summed E-state index contributed by atoms with van der Waals surface area (Å²) in [7, 11) is 0. The van der Waals surface area contributed by atoms with Crippen molar-refractivity contribution in [3.8, 4) is 0 Å². The number of amides is 1. The van der Waals surface area contributed by atoms with Crippen molar-refractivity contribution in [2.45, 2.75) is 44.7 Å². The lowest BCUT2D eigenvalue weighted by Crippen LogP contribution is -2.50. The van der Waals surface area contributed by atoms with E-state index in [9.17, 15) is 13.6 Å². The van der Waals surface area contributed by atoms with Crippen LogP contribution in [0.25, 0.3) is 0 Å². The van der Waals surface area contributed by atoms with E-state index in [-0.39, 0.29) is 23.1 Å². The highest BCUT2D eigenvalue weighted by atomic mass is 19.1. The average Bonchev–Trinajstić information content (AvgIpc) is 2.93. The molecule has 2 atom stereocenters. The third-order valence-corrected chi connectivity index (χ3v) is 6.17. The standard InChI is InChI=1S/C23H26F2N2O/c1-23(2)14-17-15-26(22(28)13-16-3-5-18(24)6-4-16)12-11-21(17)27(23)20-9-7-19(25)8-10-20/h3-10,17,21H,11-15H2,1-2H3/t17-,21+/m1/s1. The van der Waals surface area contributed by atoms with Crippen molar-refractivity contribution in [2.24, 2.45) is 5.92 Å². The molecule has 2 aromatic rings. The van der Waals surface area contributed by atoms with Crippen LogP contribution in [0.15, 0.2) is 48.5 Å². The molecule has 3 nitrogen and oxygen atoms in total. The van der Waals surface area contributed by atoms with Crippen molar-refractivity contribution in [1.29, 1.82) is 0 Å². The largest absolute Gasteiger partial charge is 0.363 e. The molecule has 5 heteroatoms. The van der Waals surface area contributed by atoms with Gasteiger partial charge in [-0.25, -0.2) is 8.78 Å². The summed E-state index contributed by atoms with van der Waals surface area (Å²) in [5.74, 6) is -0.0151. The van der Waals surface area contributed by atoms with Gasteiger partial charge in [0.2, 0.25) is 5.91 Å². The van der Waals surface area contributed by atoms with Crippen LogP contribution in [0.1, 0.15) is 32.3 Å². The van der Waals surface area contributed by atoms with Gasteiger partial charge in [-0.1, -0.05) is 12.1 Å². The summed E-state index contributed by atoms with van der Waals surface area (Å²) >= 11 is 0. The molecule has 0 saturated carbocycles. The van der Waals surface area contributed by atoms with Gasteiger partial charge >= 0.3 is 0 Å². The molecule has 2 aliphatic heterocycles. The molecule has 148 valence electrons. The summed E-state index contributed by atoms with van der Waals surface area (Å²) in [4.78, 5) is 17.1. The summed E-state index contributed by atoms with van der Waals surface area (Å²) in [5, 5.41) is 0. The first-order valence-corrected chi connectivity index (χ1v) is 9.91. The predicted octanol–water partition coefficient (Wildman–Crippen LogP) is 4.41. The summed E-state index contributed by atoms with van der Waals surface area (Å²) < 4.78 is 26.4. The van der Waals surface area contributed by atoms with E-state index in [2.05, 4.69) is 18.7 Å². The molecule has 0 radical (unpaired) electrons. The molecule has 1 amide bonds. The van der Waals surface area contributed by atoms with Gasteiger partial charge < -0.3 is 9.80 Å². The highest BCUT2D eigenvalue weighted by Gasteiger charge is 2.48. The Labute approximate surface area is 165 Å². The van der Waals surface area contributed by atoms with Crippen molar-refractivity contribution >= 4 is 11.6 Å². The van der Waals surface area contributed by atoms with Gasteiger partial charge in [0.25, 0.3) is 0 Å². The number of benzene rings is 2. The van der Waals surface area contributed by atoms with E-state index in [1.54, 1.807) is 12.1 Å². The normalized spacial score (nSPS) is 23.6. The summed E-state index contributed by atoms with van der Waals surface area (Å²) in [6.07, 6.45) is 2.21. The molecular weight excluding hydrogens is 358 g/mol. The van der Waals surface area contributed by atoms with Crippen LogP contribution in [0.3, 0.4) is 0 Å². The summed E-state index contributed by atoms with van der Waals surface area (Å²) in [6.45, 7) is 5.90. The van der Waals surface area contributed by atoms with Gasteiger partial charge in [0.1, 0.15) is 11.6 Å². The van der Waals surface area contributed by atoms with E-state index in [0.717, 1.165) is 37.2 Å². The van der Waals surface area contributed by atoms with Crippen molar-refractivity contribution in [3.05, 3.63) is 65.7 Å². The second-order valence-electron chi connectivity index (χ2n) is 8.62. The number of fused-ring (bicyclic) bond motifs is 1. The summed E-state index contributed by atoms with van der Waals surface area (Å²) in [6, 6.07) is 13.2. The minimum absolute atomic E-state index is 0.0385. The minimum Gasteiger partial charge on any atom is -0.363 e. The number of rotatable bonds is 3. The van der Waals surface area contributed by atoms with Crippen LogP contribution < -0.4 is 4.90 Å². The average molecular weight is 384 g/mol. The Morgan fingerprint density at radius 3 is 2.29 bits per heavy atom. The molecule has 2 aromatic carbocycles. The van der Waals surface area contributed by atoms with E-state index < -0.39 is 0 Å². The van der Waals surface area contributed by atoms with Crippen molar-refractivity contribution < 1.29 is 13.6 Å². The van der Waals surface area contributed by atoms with Gasteiger partial charge in [0.05, 0.1) is 6.42 Å². The fourth-order valence-corrected chi connectivity index (χ4v) is 5.01. The molecule has 2 saturated heterocycles. The van der Waals surface area contributed by atoms with E-state index >= 15 is 0 Å². The maximum absolute atomic E-state index is 13.4. The fourth-order valence-electron chi connectivity index (χ4n) is 5.01. The molecule has 2 heterocycles. The predicted molar refractivity (Wildman–Crippen MR) is 106 cm³/mol. The lowest BCUT2D eigenvalue weighted by Gasteiger charge is -2.42. The quantitative estimate of drug-likeness (QED) is 0.782. The van der Waals surface area contributed by atoms with E-state index in [0.29, 0.717) is 18.4 Å². The number of hydrogen-bond donors (Lipinski definition) is 0. The van der Waals surface area contributed by atoms with Crippen LogP contribution in [-0.2, 0) is 11.2 Å². The zero-order valence-corrected chi connectivity index (χ0v) is 16.4. The van der Waals surface area contributed by atoms with E-state index in [4.69, 9.17) is 0 Å². The molecule has 0 aliphatic carbocycles. The third-order valence-electron chi connectivity index (χ3n) is 6.17. The highest BCUT2D eigenvalue weighted by Crippen LogP contribution is 2.44. The number of piperidine rings is 1. The number of likely N-dealkylation sites (tertiary alicyclic amines) is 1. The van der Waals surface area contributed by atoms with Crippen molar-refractivity contribution in [3.63, 3.8) is 0 Å². The van der Waals surface area contributed by atoms with Crippen LogP contribution in [0, 0.1) is 17.6 Å². The Bertz CT molecular complexity index is 848. The van der Waals surface area contributed by atoms with Gasteiger partial charge in [-0.2, -0.15) is 0 Å². The number of carbonyl (C=O) groups excluding carboxylic acids is 1. The molecule has 2 fully saturated rings. The van der Waals surface area contributed by atoms with Crippen LogP contribution in [0.4, 0.5) is 14.5 Å². The number of anilines is 1. The van der Waals surface area contributed by atoms with Crippen LogP contribution >= 0.6 is 0 Å². The molecule has 0 bridgehead atoms. The van der Waals surface area contributed by atoms with Crippen LogP contribution in [0.5, 0.6) is 0 Å². The smallest absolute Gasteiger partial charge is 0.227 e. The molecule has 0 aromatic heterocycles. The van der Waals surface area contributed by atoms with Gasteiger partial charge in [0, 0.05) is 30.4 Å². The second kappa shape index (κ2) is 7.19. The Morgan fingerprint density at radius 1 is 1.04 bits per heavy atom. The molecule has 28 heavy (non-hydrogen) atoms.